The van der Waals surface area contributed by atoms with Gasteiger partial charge in [0, 0.05) is 16.4 Å². The predicted octanol–water partition coefficient (Wildman–Crippen LogP) is 0.882. The first-order valence-corrected chi connectivity index (χ1v) is 11.9. The molecule has 0 aliphatic carbocycles. The summed E-state index contributed by atoms with van der Waals surface area (Å²) >= 11 is 2.78. The Hall–Kier alpha value is -2.69. The number of aliphatic carboxylic acids is 1. The second-order valence-corrected chi connectivity index (χ2v) is 10.7. The molecule has 32 heavy (non-hydrogen) atoms. The van der Waals surface area contributed by atoms with E-state index in [1.54, 1.807) is 6.92 Å². The number of aliphatic hydroxyl groups excluding tert-OH is 1. The van der Waals surface area contributed by atoms with Gasteiger partial charge >= 0.3 is 0 Å². The number of aliphatic hydroxyl groups is 1. The summed E-state index contributed by atoms with van der Waals surface area (Å²) in [5.74, 6) is -2.56. The molecule has 2 aromatic heterocycles. The molecule has 1 amide bonds. The molecule has 2 aliphatic rings. The number of benzene rings is 1. The SMILES string of the molecule is C[C@@H](O)[C@H]1C(=O)N2C(C(=O)[O-])=C(Sc3nc4c(Cn5cc[n+](C)c5)cccc4s3)[C@H](C)[C@H]12. The number of hydrogen-bond acceptors (Lipinski definition) is 7. The number of thioether (sulfide) groups is 1. The number of thiazole rings is 1. The van der Waals surface area contributed by atoms with Crippen molar-refractivity contribution in [1.82, 2.24) is 14.5 Å². The molecule has 10 heteroatoms. The lowest BCUT2D eigenvalue weighted by atomic mass is 9.79. The molecule has 0 spiro atoms. The van der Waals surface area contributed by atoms with Crippen LogP contribution in [-0.2, 0) is 23.2 Å². The van der Waals surface area contributed by atoms with Crippen LogP contribution in [0.4, 0.5) is 0 Å². The Labute approximate surface area is 192 Å². The zero-order chi connectivity index (χ0) is 22.7. The molecular formula is C22H22N4O4S2. The molecule has 1 saturated heterocycles. The topological polar surface area (TPSA) is 102 Å². The molecule has 1 N–H and O–H groups in total. The van der Waals surface area contributed by atoms with Crippen molar-refractivity contribution < 1.29 is 24.4 Å². The summed E-state index contributed by atoms with van der Waals surface area (Å²) < 4.78 is 5.78. The number of aryl methyl sites for hydroxylation is 1. The summed E-state index contributed by atoms with van der Waals surface area (Å²) in [6.07, 6.45) is 5.14. The average Bonchev–Trinajstić information content (AvgIpc) is 3.38. The maximum atomic E-state index is 12.5. The largest absolute Gasteiger partial charge is 0.543 e. The van der Waals surface area contributed by atoms with E-state index in [0.717, 1.165) is 20.1 Å². The minimum Gasteiger partial charge on any atom is -0.543 e. The molecule has 0 bridgehead atoms. The van der Waals surface area contributed by atoms with Crippen molar-refractivity contribution in [3.05, 3.63) is 53.1 Å². The van der Waals surface area contributed by atoms with Crippen molar-refractivity contribution in [2.45, 2.75) is 36.9 Å². The van der Waals surface area contributed by atoms with Crippen molar-refractivity contribution in [3.8, 4) is 0 Å². The minimum absolute atomic E-state index is 0.0891. The molecule has 166 valence electrons. The number of para-hydroxylation sites is 1. The number of imidazole rings is 1. The van der Waals surface area contributed by atoms with Gasteiger partial charge in [0.25, 0.3) is 0 Å². The van der Waals surface area contributed by atoms with E-state index in [1.165, 1.54) is 28.0 Å². The minimum atomic E-state index is -1.37. The Balaban J connectivity index is 1.48. The van der Waals surface area contributed by atoms with Crippen molar-refractivity contribution >= 4 is 45.2 Å². The van der Waals surface area contributed by atoms with E-state index in [9.17, 15) is 19.8 Å². The van der Waals surface area contributed by atoms with Crippen LogP contribution in [0.15, 0.2) is 51.9 Å². The Bertz CT molecular complexity index is 1280. The summed E-state index contributed by atoms with van der Waals surface area (Å²) in [6.45, 7) is 4.13. The van der Waals surface area contributed by atoms with Gasteiger partial charge in [0.05, 0.1) is 47.0 Å². The molecule has 1 aromatic carbocycles. The third-order valence-electron chi connectivity index (χ3n) is 6.16. The van der Waals surface area contributed by atoms with E-state index in [-0.39, 0.29) is 23.6 Å². The highest BCUT2D eigenvalue weighted by Crippen LogP contribution is 2.52. The Morgan fingerprint density at radius 3 is 2.88 bits per heavy atom. The van der Waals surface area contributed by atoms with Crippen LogP contribution in [0, 0.1) is 11.8 Å². The first-order valence-electron chi connectivity index (χ1n) is 10.3. The smallest absolute Gasteiger partial charge is 0.243 e. The summed E-state index contributed by atoms with van der Waals surface area (Å²) in [6, 6.07) is 5.67. The number of β-lactam (4-membered cyclic amide) rings is 1. The molecule has 0 radical (unpaired) electrons. The molecule has 4 atom stereocenters. The van der Waals surface area contributed by atoms with Gasteiger partial charge in [-0.3, -0.25) is 4.79 Å². The third kappa shape index (κ3) is 3.25. The second kappa shape index (κ2) is 7.72. The number of rotatable bonds is 6. The summed E-state index contributed by atoms with van der Waals surface area (Å²) in [5.41, 5.74) is 1.87. The van der Waals surface area contributed by atoms with Crippen molar-refractivity contribution in [3.63, 3.8) is 0 Å². The molecule has 5 rings (SSSR count). The van der Waals surface area contributed by atoms with E-state index in [1.807, 2.05) is 55.5 Å². The van der Waals surface area contributed by atoms with Crippen LogP contribution >= 0.6 is 23.1 Å². The van der Waals surface area contributed by atoms with E-state index in [4.69, 9.17) is 4.98 Å². The van der Waals surface area contributed by atoms with Gasteiger partial charge in [-0.2, -0.15) is 0 Å². The van der Waals surface area contributed by atoms with Gasteiger partial charge in [0.2, 0.25) is 12.2 Å². The lowest BCUT2D eigenvalue weighted by Crippen LogP contribution is -2.64. The zero-order valence-corrected chi connectivity index (χ0v) is 19.4. The van der Waals surface area contributed by atoms with Crippen LogP contribution < -0.4 is 9.67 Å². The number of hydrogen-bond donors (Lipinski definition) is 1. The first-order chi connectivity index (χ1) is 15.3. The lowest BCUT2D eigenvalue weighted by Gasteiger charge is -2.47. The van der Waals surface area contributed by atoms with E-state index in [2.05, 4.69) is 4.57 Å². The Kier molecular flexibility index (Phi) is 5.11. The number of carbonyl (C=O) groups is 2. The van der Waals surface area contributed by atoms with Crippen LogP contribution in [0.3, 0.4) is 0 Å². The number of carboxylic acid groups (broad SMARTS) is 1. The van der Waals surface area contributed by atoms with Crippen molar-refractivity contribution in [2.75, 3.05) is 0 Å². The number of nitrogens with zero attached hydrogens (tertiary/aromatic N) is 4. The highest BCUT2D eigenvalue weighted by molar-refractivity contribution is 8.04. The predicted molar refractivity (Wildman–Crippen MR) is 117 cm³/mol. The van der Waals surface area contributed by atoms with Gasteiger partial charge in [-0.25, -0.2) is 14.1 Å². The Morgan fingerprint density at radius 1 is 1.44 bits per heavy atom. The number of amides is 1. The molecule has 1 fully saturated rings. The van der Waals surface area contributed by atoms with E-state index < -0.39 is 18.0 Å². The fourth-order valence-corrected chi connectivity index (χ4v) is 7.07. The highest BCUT2D eigenvalue weighted by Gasteiger charge is 2.58. The standard InChI is InChI=1S/C22H22N4O4S2/c1-11-17-15(12(2)27)20(28)26(17)18(21(29)30)19(11)32-22-23-16-13(5-4-6-14(16)31-22)9-25-8-7-24(3)10-25/h4-8,10-12,15,17,27H,9H2,1-3H3/t11-,12-,15-,17-/m1/s1. The van der Waals surface area contributed by atoms with E-state index >= 15 is 0 Å². The molecule has 0 unspecified atom stereocenters. The van der Waals surface area contributed by atoms with Crippen molar-refractivity contribution in [1.29, 1.82) is 0 Å². The van der Waals surface area contributed by atoms with Crippen LogP contribution in [0.25, 0.3) is 10.2 Å². The summed E-state index contributed by atoms with van der Waals surface area (Å²) in [7, 11) is 1.97. The normalized spacial score (nSPS) is 23.6. The van der Waals surface area contributed by atoms with Crippen LogP contribution in [0.2, 0.25) is 0 Å². The number of carboxylic acids is 1. The van der Waals surface area contributed by atoms with Gasteiger partial charge < -0.3 is 19.9 Å². The second-order valence-electron chi connectivity index (χ2n) is 8.35. The van der Waals surface area contributed by atoms with Gasteiger partial charge in [-0.05, 0) is 13.0 Å². The number of carbonyl (C=O) groups excluding carboxylic acids is 2. The third-order valence-corrected chi connectivity index (χ3v) is 8.52. The highest BCUT2D eigenvalue weighted by atomic mass is 32.2. The fourth-order valence-electron chi connectivity index (χ4n) is 4.69. The summed E-state index contributed by atoms with van der Waals surface area (Å²) in [5, 5.41) is 21.9. The van der Waals surface area contributed by atoms with Gasteiger partial charge in [-0.15, -0.1) is 11.3 Å². The van der Waals surface area contributed by atoms with Gasteiger partial charge in [-0.1, -0.05) is 30.8 Å². The molecular weight excluding hydrogens is 448 g/mol. The lowest BCUT2D eigenvalue weighted by molar-refractivity contribution is -0.671. The molecule has 3 aromatic rings. The van der Waals surface area contributed by atoms with E-state index in [0.29, 0.717) is 11.4 Å². The van der Waals surface area contributed by atoms with Crippen molar-refractivity contribution in [2.24, 2.45) is 18.9 Å². The zero-order valence-electron chi connectivity index (χ0n) is 17.8. The van der Waals surface area contributed by atoms with Crippen LogP contribution in [0.1, 0.15) is 19.4 Å². The first kappa shape index (κ1) is 21.2. The monoisotopic (exact) mass is 470 g/mol. The average molecular weight is 471 g/mol. The molecule has 8 nitrogen and oxygen atoms in total. The van der Waals surface area contributed by atoms with Crippen LogP contribution in [-0.4, -0.2) is 43.6 Å². The quantitative estimate of drug-likeness (QED) is 0.424. The molecule has 0 saturated carbocycles. The maximum Gasteiger partial charge on any atom is 0.243 e. The van der Waals surface area contributed by atoms with Gasteiger partial charge in [0.1, 0.15) is 18.9 Å². The summed E-state index contributed by atoms with van der Waals surface area (Å²) in [4.78, 5) is 31.1. The van der Waals surface area contributed by atoms with Gasteiger partial charge in [0.15, 0.2) is 4.34 Å². The maximum absolute atomic E-state index is 12.5. The molecule has 4 heterocycles. The van der Waals surface area contributed by atoms with Crippen LogP contribution in [0.5, 0.6) is 0 Å². The number of aromatic nitrogens is 3. The molecule has 2 aliphatic heterocycles. The fraction of sp³-hybridized carbons (Fsp3) is 0.364. The number of fused-ring (bicyclic) bond motifs is 2. The Morgan fingerprint density at radius 2 is 2.22 bits per heavy atom.